The van der Waals surface area contributed by atoms with E-state index in [2.05, 4.69) is 10.3 Å². The molecule has 110 valence electrons. The first-order chi connectivity index (χ1) is 10.0. The first-order valence-corrected chi connectivity index (χ1v) is 6.85. The van der Waals surface area contributed by atoms with E-state index in [1.165, 1.54) is 12.1 Å². The number of hydrogen-bond donors (Lipinski definition) is 1. The maximum absolute atomic E-state index is 13.6. The van der Waals surface area contributed by atoms with Crippen LogP contribution in [-0.2, 0) is 0 Å². The van der Waals surface area contributed by atoms with E-state index in [1.54, 1.807) is 0 Å². The van der Waals surface area contributed by atoms with Gasteiger partial charge < -0.3 is 5.32 Å². The van der Waals surface area contributed by atoms with Gasteiger partial charge in [-0.3, -0.25) is 10.1 Å². The molecule has 0 aliphatic carbocycles. The molecule has 1 aromatic heterocycles. The van der Waals surface area contributed by atoms with Crippen LogP contribution in [0.2, 0.25) is 0 Å². The number of nitrogens with one attached hydrogen (secondary N) is 1. The summed E-state index contributed by atoms with van der Waals surface area (Å²) in [5.74, 6) is -0.849. The monoisotopic (exact) mass is 311 g/mol. The molecule has 0 radical (unpaired) electrons. The van der Waals surface area contributed by atoms with Gasteiger partial charge in [0.15, 0.2) is 5.03 Å². The summed E-state index contributed by atoms with van der Waals surface area (Å²) >= 11 is 0.716. The zero-order valence-electron chi connectivity index (χ0n) is 11.0. The highest BCUT2D eigenvalue weighted by Crippen LogP contribution is 2.35. The van der Waals surface area contributed by atoms with Crippen molar-refractivity contribution in [2.24, 2.45) is 0 Å². The average molecular weight is 311 g/mol. The molecule has 21 heavy (non-hydrogen) atoms. The van der Waals surface area contributed by atoms with E-state index >= 15 is 0 Å². The Balaban J connectivity index is 2.43. The van der Waals surface area contributed by atoms with Gasteiger partial charge in [-0.15, -0.1) is 0 Å². The van der Waals surface area contributed by atoms with Crippen molar-refractivity contribution < 1.29 is 13.7 Å². The molecule has 0 saturated heterocycles. The van der Waals surface area contributed by atoms with Crippen LogP contribution in [0.25, 0.3) is 0 Å². The SMILES string of the molecule is CCNc1ccc([N+](=O)[O-])c(Sc2cc(F)ccc2F)n1. The Hall–Kier alpha value is -2.22. The molecular formula is C13H11F2N3O2S. The lowest BCUT2D eigenvalue weighted by molar-refractivity contribution is -0.388. The summed E-state index contributed by atoms with van der Waals surface area (Å²) in [6.07, 6.45) is 0. The lowest BCUT2D eigenvalue weighted by Gasteiger charge is -2.07. The van der Waals surface area contributed by atoms with E-state index in [0.29, 0.717) is 24.1 Å². The van der Waals surface area contributed by atoms with Gasteiger partial charge in [0.2, 0.25) is 0 Å². The van der Waals surface area contributed by atoms with Gasteiger partial charge in [0.1, 0.15) is 17.5 Å². The Kier molecular flexibility index (Phi) is 4.69. The van der Waals surface area contributed by atoms with Crippen molar-refractivity contribution in [2.45, 2.75) is 16.8 Å². The maximum Gasteiger partial charge on any atom is 0.301 e. The molecule has 1 N–H and O–H groups in total. The van der Waals surface area contributed by atoms with Crippen LogP contribution in [0.5, 0.6) is 0 Å². The van der Waals surface area contributed by atoms with Crippen LogP contribution in [0.15, 0.2) is 40.3 Å². The zero-order valence-corrected chi connectivity index (χ0v) is 11.8. The third-order valence-corrected chi connectivity index (χ3v) is 3.52. The van der Waals surface area contributed by atoms with Crippen LogP contribution in [-0.4, -0.2) is 16.5 Å². The molecular weight excluding hydrogens is 300 g/mol. The molecule has 0 bridgehead atoms. The minimum Gasteiger partial charge on any atom is -0.370 e. The number of benzene rings is 1. The summed E-state index contributed by atoms with van der Waals surface area (Å²) in [6, 6.07) is 5.68. The van der Waals surface area contributed by atoms with E-state index in [4.69, 9.17) is 0 Å². The molecule has 0 fully saturated rings. The molecule has 8 heteroatoms. The van der Waals surface area contributed by atoms with Crippen LogP contribution >= 0.6 is 11.8 Å². The number of nitro groups is 1. The molecule has 0 spiro atoms. The lowest BCUT2D eigenvalue weighted by Crippen LogP contribution is -2.01. The van der Waals surface area contributed by atoms with Crippen molar-refractivity contribution >= 4 is 23.3 Å². The molecule has 0 unspecified atom stereocenters. The fraction of sp³-hybridized carbons (Fsp3) is 0.154. The number of pyridine rings is 1. The first kappa shape index (κ1) is 15.2. The van der Waals surface area contributed by atoms with Crippen LogP contribution in [0.3, 0.4) is 0 Å². The number of nitrogens with zero attached hydrogens (tertiary/aromatic N) is 2. The summed E-state index contributed by atoms with van der Waals surface area (Å²) in [4.78, 5) is 14.4. The molecule has 2 rings (SSSR count). The van der Waals surface area contributed by atoms with E-state index in [1.807, 2.05) is 6.92 Å². The summed E-state index contributed by atoms with van der Waals surface area (Å²) in [6.45, 7) is 2.44. The number of halogens is 2. The summed E-state index contributed by atoms with van der Waals surface area (Å²) < 4.78 is 26.8. The van der Waals surface area contributed by atoms with Gasteiger partial charge in [-0.2, -0.15) is 0 Å². The topological polar surface area (TPSA) is 68.1 Å². The Morgan fingerprint density at radius 1 is 1.33 bits per heavy atom. The molecule has 5 nitrogen and oxygen atoms in total. The van der Waals surface area contributed by atoms with E-state index in [-0.39, 0.29) is 15.6 Å². The third kappa shape index (κ3) is 3.66. The van der Waals surface area contributed by atoms with Gasteiger partial charge in [0.05, 0.1) is 9.82 Å². The Morgan fingerprint density at radius 2 is 2.10 bits per heavy atom. The van der Waals surface area contributed by atoms with Gasteiger partial charge >= 0.3 is 5.69 Å². The number of rotatable bonds is 5. The standard InChI is InChI=1S/C13H11F2N3O2S/c1-2-16-12-6-5-10(18(19)20)13(17-12)21-11-7-8(14)3-4-9(11)15/h3-7H,2H2,1H3,(H,16,17). The van der Waals surface area contributed by atoms with E-state index in [9.17, 15) is 18.9 Å². The minimum absolute atomic E-state index is 0.00273. The van der Waals surface area contributed by atoms with Crippen LogP contribution in [0.1, 0.15) is 6.92 Å². The maximum atomic E-state index is 13.6. The highest BCUT2D eigenvalue weighted by Gasteiger charge is 2.19. The molecule has 2 aromatic rings. The fourth-order valence-corrected chi connectivity index (χ4v) is 2.52. The highest BCUT2D eigenvalue weighted by atomic mass is 32.2. The van der Waals surface area contributed by atoms with Crippen LogP contribution in [0, 0.1) is 21.7 Å². The number of anilines is 1. The fourth-order valence-electron chi connectivity index (χ4n) is 1.59. The van der Waals surface area contributed by atoms with Crippen molar-refractivity contribution in [3.8, 4) is 0 Å². The van der Waals surface area contributed by atoms with Gasteiger partial charge in [-0.1, -0.05) is 11.8 Å². The van der Waals surface area contributed by atoms with Gasteiger partial charge in [-0.25, -0.2) is 13.8 Å². The highest BCUT2D eigenvalue weighted by molar-refractivity contribution is 7.99. The predicted octanol–water partition coefficient (Wildman–Crippen LogP) is 3.85. The Bertz CT molecular complexity index is 682. The van der Waals surface area contributed by atoms with Gasteiger partial charge in [0, 0.05) is 12.6 Å². The van der Waals surface area contributed by atoms with Crippen molar-refractivity contribution in [1.29, 1.82) is 0 Å². The average Bonchev–Trinajstić information content (AvgIpc) is 2.43. The van der Waals surface area contributed by atoms with E-state index < -0.39 is 16.6 Å². The third-order valence-electron chi connectivity index (χ3n) is 2.49. The minimum atomic E-state index is -0.661. The van der Waals surface area contributed by atoms with Crippen molar-refractivity contribution in [3.63, 3.8) is 0 Å². The van der Waals surface area contributed by atoms with Crippen molar-refractivity contribution in [3.05, 3.63) is 52.1 Å². The van der Waals surface area contributed by atoms with Gasteiger partial charge in [-0.05, 0) is 31.2 Å². The normalized spacial score (nSPS) is 10.4. The number of hydrogen-bond acceptors (Lipinski definition) is 5. The van der Waals surface area contributed by atoms with Gasteiger partial charge in [0.25, 0.3) is 0 Å². The van der Waals surface area contributed by atoms with Crippen molar-refractivity contribution in [2.75, 3.05) is 11.9 Å². The molecule has 1 heterocycles. The molecule has 0 aliphatic heterocycles. The lowest BCUT2D eigenvalue weighted by atomic mass is 10.3. The molecule has 0 saturated carbocycles. The molecule has 0 amide bonds. The largest absolute Gasteiger partial charge is 0.370 e. The number of aromatic nitrogens is 1. The molecule has 0 aliphatic rings. The Labute approximate surface area is 123 Å². The second-order valence-electron chi connectivity index (χ2n) is 3.99. The summed E-state index contributed by atoms with van der Waals surface area (Å²) in [5.41, 5.74) is -0.259. The summed E-state index contributed by atoms with van der Waals surface area (Å²) in [5, 5.41) is 13.9. The van der Waals surface area contributed by atoms with Crippen LogP contribution in [0.4, 0.5) is 20.3 Å². The second-order valence-corrected chi connectivity index (χ2v) is 5.02. The molecule has 1 aromatic carbocycles. The second kappa shape index (κ2) is 6.49. The molecule has 0 atom stereocenters. The Morgan fingerprint density at radius 3 is 2.76 bits per heavy atom. The summed E-state index contributed by atoms with van der Waals surface area (Å²) in [7, 11) is 0. The van der Waals surface area contributed by atoms with Crippen LogP contribution < -0.4 is 5.32 Å². The van der Waals surface area contributed by atoms with E-state index in [0.717, 1.165) is 18.2 Å². The smallest absolute Gasteiger partial charge is 0.301 e. The van der Waals surface area contributed by atoms with Crippen molar-refractivity contribution in [1.82, 2.24) is 4.98 Å². The quantitative estimate of drug-likeness (QED) is 0.671. The zero-order chi connectivity index (χ0) is 15.4. The predicted molar refractivity (Wildman–Crippen MR) is 75.5 cm³/mol. The first-order valence-electron chi connectivity index (χ1n) is 6.03.